The van der Waals surface area contributed by atoms with Crippen LogP contribution in [0.1, 0.15) is 56.6 Å². The predicted octanol–water partition coefficient (Wildman–Crippen LogP) is 3.82. The van der Waals surface area contributed by atoms with Gasteiger partial charge in [0, 0.05) is 12.8 Å². The van der Waals surface area contributed by atoms with Crippen LogP contribution in [0.2, 0.25) is 0 Å². The average Bonchev–Trinajstić information content (AvgIpc) is 2.40. The molecule has 0 spiro atoms. The Balaban J connectivity index is 0.000000574. The molecule has 18 heavy (non-hydrogen) atoms. The topological polar surface area (TPSA) is 37.3 Å². The Hall–Kier alpha value is -1.31. The molecule has 3 rings (SSSR count). The highest BCUT2D eigenvalue weighted by atomic mass is 16.3. The Bertz CT molecular complexity index is 437. The highest BCUT2D eigenvalue weighted by Crippen LogP contribution is 2.44. The molecule has 2 atom stereocenters. The van der Waals surface area contributed by atoms with Crippen LogP contribution >= 0.6 is 0 Å². The molecule has 2 aliphatic carbocycles. The number of benzene rings is 1. The number of hydrogen-bond acceptors (Lipinski definition) is 2. The first kappa shape index (κ1) is 13.1. The van der Waals surface area contributed by atoms with Crippen LogP contribution in [0, 0.1) is 5.92 Å². The van der Waals surface area contributed by atoms with Crippen LogP contribution in [0.5, 0.6) is 5.75 Å². The van der Waals surface area contributed by atoms with Crippen molar-refractivity contribution in [1.82, 2.24) is 0 Å². The number of fused-ring (bicyclic) bond motifs is 3. The number of hydrogen-bond donors (Lipinski definition) is 1. The van der Waals surface area contributed by atoms with E-state index in [1.807, 2.05) is 26.0 Å². The van der Waals surface area contributed by atoms with E-state index in [0.717, 1.165) is 19.3 Å². The summed E-state index contributed by atoms with van der Waals surface area (Å²) in [6, 6.07) is 5.63. The molecule has 0 saturated heterocycles. The Morgan fingerprint density at radius 3 is 2.67 bits per heavy atom. The number of carbonyl (C=O) groups is 1. The third kappa shape index (κ3) is 2.43. The van der Waals surface area contributed by atoms with E-state index in [2.05, 4.69) is 0 Å². The third-order valence-electron chi connectivity index (χ3n) is 4.12. The molecule has 0 aliphatic heterocycles. The first-order valence-corrected chi connectivity index (χ1v) is 7.07. The Morgan fingerprint density at radius 1 is 1.17 bits per heavy atom. The largest absolute Gasteiger partial charge is 0.508 e. The van der Waals surface area contributed by atoms with E-state index in [1.165, 1.54) is 17.5 Å². The minimum atomic E-state index is 0.347. The zero-order valence-electron chi connectivity index (χ0n) is 11.3. The first-order valence-electron chi connectivity index (χ1n) is 7.07. The van der Waals surface area contributed by atoms with Gasteiger partial charge in [-0.2, -0.15) is 0 Å². The van der Waals surface area contributed by atoms with Gasteiger partial charge in [0.05, 0.1) is 0 Å². The fourth-order valence-corrected chi connectivity index (χ4v) is 3.28. The Labute approximate surface area is 109 Å². The fraction of sp³-hybridized carbons (Fsp3) is 0.562. The number of ketones is 1. The highest BCUT2D eigenvalue weighted by Gasteiger charge is 2.34. The van der Waals surface area contributed by atoms with Crippen LogP contribution in [-0.2, 0) is 11.2 Å². The minimum absolute atomic E-state index is 0.347. The van der Waals surface area contributed by atoms with Crippen molar-refractivity contribution in [3.8, 4) is 5.75 Å². The lowest BCUT2D eigenvalue weighted by molar-refractivity contribution is -0.121. The molecule has 1 saturated carbocycles. The molecule has 2 nitrogen and oxygen atoms in total. The third-order valence-corrected chi connectivity index (χ3v) is 4.12. The minimum Gasteiger partial charge on any atom is -0.508 e. The summed E-state index contributed by atoms with van der Waals surface area (Å²) in [5.41, 5.74) is 2.55. The number of carbonyl (C=O) groups excluding carboxylic acids is 1. The van der Waals surface area contributed by atoms with E-state index < -0.39 is 0 Å². The van der Waals surface area contributed by atoms with E-state index in [-0.39, 0.29) is 0 Å². The van der Waals surface area contributed by atoms with Gasteiger partial charge in [0.25, 0.3) is 0 Å². The Morgan fingerprint density at radius 2 is 1.89 bits per heavy atom. The van der Waals surface area contributed by atoms with Crippen molar-refractivity contribution in [2.24, 2.45) is 5.92 Å². The van der Waals surface area contributed by atoms with Gasteiger partial charge in [-0.15, -0.1) is 0 Å². The van der Waals surface area contributed by atoms with Crippen LogP contribution < -0.4 is 0 Å². The summed E-state index contributed by atoms with van der Waals surface area (Å²) >= 11 is 0. The van der Waals surface area contributed by atoms with Gasteiger partial charge in [0.1, 0.15) is 11.5 Å². The molecule has 1 aromatic rings. The SMILES string of the molecule is CC.O=C1CCC2CCc3cc(O)ccc3C2C1. The molecule has 1 aromatic carbocycles. The van der Waals surface area contributed by atoms with E-state index >= 15 is 0 Å². The van der Waals surface area contributed by atoms with Crippen molar-refractivity contribution in [3.63, 3.8) is 0 Å². The number of aromatic hydroxyl groups is 1. The molecular weight excluding hydrogens is 224 g/mol. The maximum absolute atomic E-state index is 11.5. The number of phenols is 1. The van der Waals surface area contributed by atoms with Crippen molar-refractivity contribution < 1.29 is 9.90 Å². The number of aryl methyl sites for hydroxylation is 1. The number of phenolic OH excluding ortho intramolecular Hbond substituents is 1. The van der Waals surface area contributed by atoms with Gasteiger partial charge in [-0.1, -0.05) is 19.9 Å². The summed E-state index contributed by atoms with van der Waals surface area (Å²) < 4.78 is 0. The Kier molecular flexibility index (Phi) is 4.05. The molecule has 0 amide bonds. The van der Waals surface area contributed by atoms with Gasteiger partial charge >= 0.3 is 0 Å². The van der Waals surface area contributed by atoms with Crippen molar-refractivity contribution in [1.29, 1.82) is 0 Å². The van der Waals surface area contributed by atoms with Crippen LogP contribution in [0.3, 0.4) is 0 Å². The molecule has 98 valence electrons. The van der Waals surface area contributed by atoms with E-state index in [9.17, 15) is 9.90 Å². The monoisotopic (exact) mass is 246 g/mol. The molecule has 2 heteroatoms. The fourth-order valence-electron chi connectivity index (χ4n) is 3.28. The van der Waals surface area contributed by atoms with Gasteiger partial charge in [0.15, 0.2) is 0 Å². The quantitative estimate of drug-likeness (QED) is 0.755. The van der Waals surface area contributed by atoms with Crippen LogP contribution in [0.15, 0.2) is 18.2 Å². The molecule has 1 N–H and O–H groups in total. The molecular formula is C16H22O2. The number of rotatable bonds is 0. The zero-order valence-corrected chi connectivity index (χ0v) is 11.3. The average molecular weight is 246 g/mol. The summed E-state index contributed by atoms with van der Waals surface area (Å²) in [7, 11) is 0. The van der Waals surface area contributed by atoms with Gasteiger partial charge in [-0.05, 0) is 54.4 Å². The van der Waals surface area contributed by atoms with E-state index in [4.69, 9.17) is 0 Å². The maximum atomic E-state index is 11.5. The second-order valence-electron chi connectivity index (χ2n) is 5.07. The van der Waals surface area contributed by atoms with Crippen molar-refractivity contribution in [3.05, 3.63) is 29.3 Å². The molecule has 0 radical (unpaired) electrons. The first-order chi connectivity index (χ1) is 8.74. The summed E-state index contributed by atoms with van der Waals surface area (Å²) in [6.07, 6.45) is 4.77. The molecule has 1 fully saturated rings. The van der Waals surface area contributed by atoms with Gasteiger partial charge in [-0.3, -0.25) is 4.79 Å². The normalized spacial score (nSPS) is 25.6. The van der Waals surface area contributed by atoms with Crippen molar-refractivity contribution >= 4 is 5.78 Å². The lowest BCUT2D eigenvalue weighted by Gasteiger charge is -2.36. The highest BCUT2D eigenvalue weighted by molar-refractivity contribution is 5.80. The standard InChI is InChI=1S/C14H16O2.C2H6/c15-11-5-6-13-10(7-11)2-1-9-3-4-12(16)8-14(9)13;1-2/h5-7,9,14-15H,1-4,8H2;1-2H3. The van der Waals surface area contributed by atoms with Crippen LogP contribution in [0.25, 0.3) is 0 Å². The molecule has 2 aliphatic rings. The number of Topliss-reactive ketones (excluding diaryl/α,β-unsaturated/α-hetero) is 1. The van der Waals surface area contributed by atoms with Crippen molar-refractivity contribution in [2.75, 3.05) is 0 Å². The van der Waals surface area contributed by atoms with Gasteiger partial charge < -0.3 is 5.11 Å². The smallest absolute Gasteiger partial charge is 0.133 e. The molecule has 0 heterocycles. The zero-order chi connectivity index (χ0) is 13.1. The molecule has 2 unspecified atom stereocenters. The summed E-state index contributed by atoms with van der Waals surface area (Å²) in [5.74, 6) is 1.86. The molecule has 0 aromatic heterocycles. The lowest BCUT2D eigenvalue weighted by Crippen LogP contribution is -2.27. The second kappa shape index (κ2) is 5.55. The van der Waals surface area contributed by atoms with Crippen LogP contribution in [0.4, 0.5) is 0 Å². The summed E-state index contributed by atoms with van der Waals surface area (Å²) in [5, 5.41) is 9.47. The van der Waals surface area contributed by atoms with Gasteiger partial charge in [0.2, 0.25) is 0 Å². The van der Waals surface area contributed by atoms with E-state index in [0.29, 0.717) is 29.8 Å². The van der Waals surface area contributed by atoms with Gasteiger partial charge in [-0.25, -0.2) is 0 Å². The van der Waals surface area contributed by atoms with Crippen molar-refractivity contribution in [2.45, 2.75) is 51.9 Å². The van der Waals surface area contributed by atoms with E-state index in [1.54, 1.807) is 6.07 Å². The summed E-state index contributed by atoms with van der Waals surface area (Å²) in [4.78, 5) is 11.5. The van der Waals surface area contributed by atoms with Crippen LogP contribution in [-0.4, -0.2) is 10.9 Å². The lowest BCUT2D eigenvalue weighted by atomic mass is 9.68. The molecule has 0 bridgehead atoms. The second-order valence-corrected chi connectivity index (χ2v) is 5.07. The maximum Gasteiger partial charge on any atom is 0.133 e. The predicted molar refractivity (Wildman–Crippen MR) is 72.9 cm³/mol. The summed E-state index contributed by atoms with van der Waals surface area (Å²) in [6.45, 7) is 4.00.